The maximum Gasteiger partial charge on any atom is 0.320 e. The third-order valence-corrected chi connectivity index (χ3v) is 2.01. The Morgan fingerprint density at radius 1 is 1.53 bits per heavy atom. The highest BCUT2D eigenvalue weighted by Gasteiger charge is 2.11. The van der Waals surface area contributed by atoms with E-state index in [1.165, 1.54) is 6.20 Å². The summed E-state index contributed by atoms with van der Waals surface area (Å²) in [6, 6.07) is 6.59. The van der Waals surface area contributed by atoms with Crippen LogP contribution in [0.3, 0.4) is 0 Å². The summed E-state index contributed by atoms with van der Waals surface area (Å²) in [6.45, 7) is 0. The molecule has 0 saturated carbocycles. The summed E-state index contributed by atoms with van der Waals surface area (Å²) < 4.78 is 0. The second-order valence-electron chi connectivity index (χ2n) is 3.25. The van der Waals surface area contributed by atoms with Crippen molar-refractivity contribution in [3.8, 4) is 0 Å². The Balaban J connectivity index is 2.77. The Hall–Kier alpha value is -1.81. The van der Waals surface area contributed by atoms with Crippen LogP contribution in [-0.2, 0) is 11.2 Å². The highest BCUT2D eigenvalue weighted by atomic mass is 16.4. The van der Waals surface area contributed by atoms with Crippen molar-refractivity contribution in [2.24, 2.45) is 11.5 Å². The van der Waals surface area contributed by atoms with Crippen molar-refractivity contribution in [2.45, 2.75) is 12.5 Å². The molecule has 0 radical (unpaired) electrons. The summed E-state index contributed by atoms with van der Waals surface area (Å²) in [5.74, 6) is -0.991. The minimum atomic E-state index is -0.991. The van der Waals surface area contributed by atoms with Crippen molar-refractivity contribution >= 4 is 12.0 Å². The van der Waals surface area contributed by atoms with E-state index >= 15 is 0 Å². The van der Waals surface area contributed by atoms with Crippen LogP contribution in [0.25, 0.3) is 6.08 Å². The zero-order valence-electron chi connectivity index (χ0n) is 8.26. The number of carboxylic acids is 1. The molecule has 0 aromatic heterocycles. The third-order valence-electron chi connectivity index (χ3n) is 2.01. The Labute approximate surface area is 88.2 Å². The predicted molar refractivity (Wildman–Crippen MR) is 59.0 cm³/mol. The smallest absolute Gasteiger partial charge is 0.320 e. The van der Waals surface area contributed by atoms with Crippen LogP contribution >= 0.6 is 0 Å². The number of rotatable bonds is 4. The van der Waals surface area contributed by atoms with Gasteiger partial charge in [0.1, 0.15) is 6.04 Å². The molecular formula is C11H14N2O2. The molecule has 0 amide bonds. The zero-order valence-corrected chi connectivity index (χ0v) is 8.26. The molecule has 4 nitrogen and oxygen atoms in total. The highest BCUT2D eigenvalue weighted by molar-refractivity contribution is 5.73. The van der Waals surface area contributed by atoms with E-state index < -0.39 is 12.0 Å². The summed E-state index contributed by atoms with van der Waals surface area (Å²) in [7, 11) is 0. The summed E-state index contributed by atoms with van der Waals surface area (Å²) >= 11 is 0. The Kier molecular flexibility index (Phi) is 3.88. The molecule has 4 heteroatoms. The molecule has 0 bridgehead atoms. The molecule has 0 saturated heterocycles. The second-order valence-corrected chi connectivity index (χ2v) is 3.25. The van der Waals surface area contributed by atoms with E-state index in [9.17, 15) is 4.79 Å². The van der Waals surface area contributed by atoms with Crippen molar-refractivity contribution in [3.05, 3.63) is 41.6 Å². The monoisotopic (exact) mass is 206 g/mol. The van der Waals surface area contributed by atoms with Crippen LogP contribution in [-0.4, -0.2) is 17.1 Å². The fraction of sp³-hybridized carbons (Fsp3) is 0.182. The lowest BCUT2D eigenvalue weighted by atomic mass is 10.0. The number of carboxylic acid groups (broad SMARTS) is 1. The van der Waals surface area contributed by atoms with Gasteiger partial charge in [0.2, 0.25) is 0 Å². The van der Waals surface area contributed by atoms with Gasteiger partial charge >= 0.3 is 5.97 Å². The molecule has 1 rings (SSSR count). The lowest BCUT2D eigenvalue weighted by Gasteiger charge is -2.06. The van der Waals surface area contributed by atoms with Crippen LogP contribution in [0, 0.1) is 0 Å². The molecule has 0 aliphatic rings. The summed E-state index contributed by atoms with van der Waals surface area (Å²) in [5.41, 5.74) is 12.5. The maximum atomic E-state index is 10.6. The SMILES string of the molecule is NC=Cc1cccc(C[C@H](N)C(=O)O)c1. The second kappa shape index (κ2) is 5.17. The molecule has 1 aromatic carbocycles. The largest absolute Gasteiger partial charge is 0.480 e. The fourth-order valence-corrected chi connectivity index (χ4v) is 1.28. The van der Waals surface area contributed by atoms with Gasteiger partial charge in [-0.3, -0.25) is 4.79 Å². The van der Waals surface area contributed by atoms with Crippen LogP contribution in [0.4, 0.5) is 0 Å². The van der Waals surface area contributed by atoms with Crippen LogP contribution in [0.15, 0.2) is 30.5 Å². The highest BCUT2D eigenvalue weighted by Crippen LogP contribution is 2.08. The van der Waals surface area contributed by atoms with Crippen LogP contribution in [0.5, 0.6) is 0 Å². The zero-order chi connectivity index (χ0) is 11.3. The van der Waals surface area contributed by atoms with Crippen molar-refractivity contribution in [3.63, 3.8) is 0 Å². The molecule has 80 valence electrons. The molecule has 0 spiro atoms. The van der Waals surface area contributed by atoms with E-state index in [1.54, 1.807) is 6.08 Å². The number of hydrogen-bond donors (Lipinski definition) is 3. The predicted octanol–water partition coefficient (Wildman–Crippen LogP) is 0.570. The van der Waals surface area contributed by atoms with Gasteiger partial charge in [-0.1, -0.05) is 24.3 Å². The van der Waals surface area contributed by atoms with Crippen molar-refractivity contribution < 1.29 is 9.90 Å². The van der Waals surface area contributed by atoms with Crippen molar-refractivity contribution in [1.82, 2.24) is 0 Å². The molecule has 0 unspecified atom stereocenters. The summed E-state index contributed by atoms with van der Waals surface area (Å²) in [4.78, 5) is 10.6. The van der Waals surface area contributed by atoms with Gasteiger partial charge in [-0.05, 0) is 29.8 Å². The molecule has 0 heterocycles. The lowest BCUT2D eigenvalue weighted by Crippen LogP contribution is -2.32. The van der Waals surface area contributed by atoms with Gasteiger partial charge in [0.15, 0.2) is 0 Å². The molecule has 1 atom stereocenters. The molecule has 0 fully saturated rings. The molecular weight excluding hydrogens is 192 g/mol. The Morgan fingerprint density at radius 3 is 2.87 bits per heavy atom. The molecule has 15 heavy (non-hydrogen) atoms. The van der Waals surface area contributed by atoms with E-state index in [4.69, 9.17) is 16.6 Å². The molecule has 0 aliphatic heterocycles. The number of carbonyl (C=O) groups is 1. The van der Waals surface area contributed by atoms with Crippen LogP contribution in [0.1, 0.15) is 11.1 Å². The topological polar surface area (TPSA) is 89.3 Å². The normalized spacial score (nSPS) is 12.9. The van der Waals surface area contributed by atoms with Crippen LogP contribution in [0.2, 0.25) is 0 Å². The molecule has 1 aromatic rings. The maximum absolute atomic E-state index is 10.6. The van der Waals surface area contributed by atoms with Gasteiger partial charge in [0, 0.05) is 0 Å². The molecule has 0 aliphatic carbocycles. The lowest BCUT2D eigenvalue weighted by molar-refractivity contribution is -0.138. The van der Waals surface area contributed by atoms with E-state index in [-0.39, 0.29) is 0 Å². The summed E-state index contributed by atoms with van der Waals surface area (Å²) in [5, 5.41) is 8.66. The fourth-order valence-electron chi connectivity index (χ4n) is 1.28. The van der Waals surface area contributed by atoms with Gasteiger partial charge < -0.3 is 16.6 Å². The quantitative estimate of drug-likeness (QED) is 0.671. The molecule has 5 N–H and O–H groups in total. The number of benzene rings is 1. The minimum absolute atomic E-state index is 0.321. The van der Waals surface area contributed by atoms with Gasteiger partial charge in [0.05, 0.1) is 0 Å². The van der Waals surface area contributed by atoms with E-state index in [2.05, 4.69) is 0 Å². The minimum Gasteiger partial charge on any atom is -0.480 e. The average Bonchev–Trinajstić information content (AvgIpc) is 2.18. The number of hydrogen-bond acceptors (Lipinski definition) is 3. The Bertz CT molecular complexity index is 375. The van der Waals surface area contributed by atoms with E-state index in [0.717, 1.165) is 11.1 Å². The third kappa shape index (κ3) is 3.44. The number of aliphatic carboxylic acids is 1. The van der Waals surface area contributed by atoms with Crippen molar-refractivity contribution in [1.29, 1.82) is 0 Å². The summed E-state index contributed by atoms with van der Waals surface area (Å²) in [6.07, 6.45) is 3.51. The van der Waals surface area contributed by atoms with Gasteiger partial charge in [0.25, 0.3) is 0 Å². The number of nitrogens with two attached hydrogens (primary N) is 2. The Morgan fingerprint density at radius 2 is 2.27 bits per heavy atom. The van der Waals surface area contributed by atoms with Crippen molar-refractivity contribution in [2.75, 3.05) is 0 Å². The standard InChI is InChI=1S/C11H14N2O2/c12-5-4-8-2-1-3-9(6-8)7-10(13)11(14)15/h1-6,10H,7,12-13H2,(H,14,15)/t10-/m0/s1. The first kappa shape index (κ1) is 11.3. The van der Waals surface area contributed by atoms with Gasteiger partial charge in [-0.25, -0.2) is 0 Å². The first-order valence-corrected chi connectivity index (χ1v) is 4.59. The van der Waals surface area contributed by atoms with Gasteiger partial charge in [-0.2, -0.15) is 0 Å². The van der Waals surface area contributed by atoms with Crippen LogP contribution < -0.4 is 11.5 Å². The van der Waals surface area contributed by atoms with Gasteiger partial charge in [-0.15, -0.1) is 0 Å². The first-order chi connectivity index (χ1) is 7.13. The van der Waals surface area contributed by atoms with E-state index in [1.807, 2.05) is 24.3 Å². The average molecular weight is 206 g/mol. The van der Waals surface area contributed by atoms with E-state index in [0.29, 0.717) is 6.42 Å². The first-order valence-electron chi connectivity index (χ1n) is 4.59.